The van der Waals surface area contributed by atoms with Crippen molar-refractivity contribution in [3.63, 3.8) is 0 Å². The lowest BCUT2D eigenvalue weighted by atomic mass is 10.1. The fourth-order valence-electron chi connectivity index (χ4n) is 4.12. The number of piperazine rings is 1. The minimum absolute atomic E-state index is 0.0339. The number of anilines is 1. The zero-order chi connectivity index (χ0) is 20.2. The SMILES string of the molecule is Cc1cccc(C[NH+]2CCN(C(=O)CCN3C(=O)COc4ccccc43)CC2)c1. The molecule has 2 aromatic carbocycles. The number of aryl methyl sites for hydroxylation is 1. The summed E-state index contributed by atoms with van der Waals surface area (Å²) in [7, 11) is 0. The summed E-state index contributed by atoms with van der Waals surface area (Å²) < 4.78 is 5.47. The van der Waals surface area contributed by atoms with Crippen LogP contribution in [0.2, 0.25) is 0 Å². The zero-order valence-corrected chi connectivity index (χ0v) is 16.9. The van der Waals surface area contributed by atoms with E-state index in [9.17, 15) is 9.59 Å². The molecule has 0 atom stereocenters. The predicted octanol–water partition coefficient (Wildman–Crippen LogP) is 1.04. The minimum atomic E-state index is -0.0936. The first-order valence-corrected chi connectivity index (χ1v) is 10.3. The monoisotopic (exact) mass is 394 g/mol. The third-order valence-corrected chi connectivity index (χ3v) is 5.72. The number of benzene rings is 2. The molecule has 2 aliphatic heterocycles. The first-order valence-electron chi connectivity index (χ1n) is 10.3. The number of carbonyl (C=O) groups excluding carboxylic acids is 2. The van der Waals surface area contributed by atoms with Gasteiger partial charge in [0.25, 0.3) is 5.91 Å². The Morgan fingerprint density at radius 1 is 1.10 bits per heavy atom. The molecule has 0 saturated carbocycles. The van der Waals surface area contributed by atoms with Crippen molar-refractivity contribution in [2.45, 2.75) is 19.9 Å². The van der Waals surface area contributed by atoms with Gasteiger partial charge in [0.1, 0.15) is 12.3 Å². The fourth-order valence-corrected chi connectivity index (χ4v) is 4.12. The van der Waals surface area contributed by atoms with Crippen molar-refractivity contribution in [3.05, 3.63) is 59.7 Å². The fraction of sp³-hybridized carbons (Fsp3) is 0.391. The zero-order valence-electron chi connectivity index (χ0n) is 16.9. The summed E-state index contributed by atoms with van der Waals surface area (Å²) in [5.41, 5.74) is 3.39. The number of carbonyl (C=O) groups is 2. The Bertz CT molecular complexity index is 890. The van der Waals surface area contributed by atoms with Crippen LogP contribution in [-0.2, 0) is 16.1 Å². The van der Waals surface area contributed by atoms with Gasteiger partial charge in [-0.1, -0.05) is 42.0 Å². The lowest BCUT2D eigenvalue weighted by Gasteiger charge is -2.33. The van der Waals surface area contributed by atoms with E-state index in [4.69, 9.17) is 4.74 Å². The summed E-state index contributed by atoms with van der Waals surface area (Å²) in [6, 6.07) is 16.1. The highest BCUT2D eigenvalue weighted by atomic mass is 16.5. The molecule has 1 fully saturated rings. The number of ether oxygens (including phenoxy) is 1. The van der Waals surface area contributed by atoms with Gasteiger partial charge < -0.3 is 19.4 Å². The molecule has 2 aromatic rings. The van der Waals surface area contributed by atoms with Crippen LogP contribution >= 0.6 is 0 Å². The van der Waals surface area contributed by atoms with Crippen LogP contribution in [0.5, 0.6) is 5.75 Å². The van der Waals surface area contributed by atoms with Crippen LogP contribution in [0.4, 0.5) is 5.69 Å². The van der Waals surface area contributed by atoms with Gasteiger partial charge in [0.2, 0.25) is 5.91 Å². The molecule has 1 saturated heterocycles. The van der Waals surface area contributed by atoms with Crippen molar-refractivity contribution < 1.29 is 19.2 Å². The van der Waals surface area contributed by atoms with E-state index in [1.165, 1.54) is 16.0 Å². The van der Waals surface area contributed by atoms with Crippen LogP contribution < -0.4 is 14.5 Å². The molecule has 0 aromatic heterocycles. The van der Waals surface area contributed by atoms with Crippen molar-refractivity contribution in [3.8, 4) is 5.75 Å². The second kappa shape index (κ2) is 8.66. The molecule has 0 radical (unpaired) electrons. The van der Waals surface area contributed by atoms with Crippen LogP contribution in [0.25, 0.3) is 0 Å². The minimum Gasteiger partial charge on any atom is -0.482 e. The maximum atomic E-state index is 12.7. The van der Waals surface area contributed by atoms with Gasteiger partial charge in [-0.2, -0.15) is 0 Å². The highest BCUT2D eigenvalue weighted by Gasteiger charge is 2.28. The quantitative estimate of drug-likeness (QED) is 0.825. The number of rotatable bonds is 5. The van der Waals surface area contributed by atoms with E-state index in [0.29, 0.717) is 18.7 Å². The van der Waals surface area contributed by atoms with E-state index in [-0.39, 0.29) is 18.4 Å². The highest BCUT2D eigenvalue weighted by Crippen LogP contribution is 2.31. The summed E-state index contributed by atoms with van der Waals surface area (Å²) in [4.78, 5) is 30.1. The van der Waals surface area contributed by atoms with Gasteiger partial charge in [0.15, 0.2) is 6.61 Å². The van der Waals surface area contributed by atoms with Crippen LogP contribution in [0, 0.1) is 6.92 Å². The Hall–Kier alpha value is -2.86. The summed E-state index contributed by atoms with van der Waals surface area (Å²) in [5.74, 6) is 0.730. The molecule has 1 N–H and O–H groups in total. The molecule has 6 heteroatoms. The Balaban J connectivity index is 1.28. The molecule has 0 spiro atoms. The summed E-state index contributed by atoms with van der Waals surface area (Å²) in [5, 5.41) is 0. The molecule has 152 valence electrons. The summed E-state index contributed by atoms with van der Waals surface area (Å²) in [6.45, 7) is 7.01. The van der Waals surface area contributed by atoms with Gasteiger partial charge in [0.05, 0.1) is 31.9 Å². The Morgan fingerprint density at radius 3 is 2.69 bits per heavy atom. The van der Waals surface area contributed by atoms with E-state index in [2.05, 4.69) is 31.2 Å². The van der Waals surface area contributed by atoms with Crippen LogP contribution in [0.3, 0.4) is 0 Å². The molecule has 0 unspecified atom stereocenters. The summed E-state index contributed by atoms with van der Waals surface area (Å²) in [6.07, 6.45) is 0.341. The molecule has 6 nitrogen and oxygen atoms in total. The molecule has 4 rings (SSSR count). The number of fused-ring (bicyclic) bond motifs is 1. The molecule has 29 heavy (non-hydrogen) atoms. The molecular weight excluding hydrogens is 366 g/mol. The third kappa shape index (κ3) is 4.59. The van der Waals surface area contributed by atoms with Gasteiger partial charge in [-0.05, 0) is 19.1 Å². The van der Waals surface area contributed by atoms with E-state index in [1.807, 2.05) is 29.2 Å². The van der Waals surface area contributed by atoms with E-state index < -0.39 is 0 Å². The number of para-hydroxylation sites is 2. The predicted molar refractivity (Wildman–Crippen MR) is 111 cm³/mol. The number of nitrogens with zero attached hydrogens (tertiary/aromatic N) is 2. The van der Waals surface area contributed by atoms with Crippen LogP contribution in [-0.4, -0.2) is 56.0 Å². The smallest absolute Gasteiger partial charge is 0.265 e. The number of nitrogens with one attached hydrogen (secondary N) is 1. The Morgan fingerprint density at radius 2 is 1.90 bits per heavy atom. The van der Waals surface area contributed by atoms with Crippen molar-refractivity contribution >= 4 is 17.5 Å². The number of amides is 2. The maximum Gasteiger partial charge on any atom is 0.265 e. The normalized spacial score (nSPS) is 17.1. The number of hydrogen-bond donors (Lipinski definition) is 1. The molecule has 0 aliphatic carbocycles. The largest absolute Gasteiger partial charge is 0.482 e. The maximum absolute atomic E-state index is 12.7. The van der Waals surface area contributed by atoms with Gasteiger partial charge in [-0.3, -0.25) is 9.59 Å². The Labute approximate surface area is 171 Å². The van der Waals surface area contributed by atoms with E-state index >= 15 is 0 Å². The standard InChI is InChI=1S/C23H27N3O3/c1-18-5-4-6-19(15-18)16-24-11-13-25(14-12-24)22(27)9-10-26-20-7-2-3-8-21(20)29-17-23(26)28/h2-8,15H,9-14,16-17H2,1H3/p+1. The molecular formula is C23H28N3O3+. The number of hydrogen-bond acceptors (Lipinski definition) is 3. The van der Waals surface area contributed by atoms with E-state index in [1.54, 1.807) is 4.90 Å². The van der Waals surface area contributed by atoms with Crippen molar-refractivity contribution in [2.75, 3.05) is 44.2 Å². The molecule has 2 heterocycles. The molecule has 2 amide bonds. The second-order valence-electron chi connectivity index (χ2n) is 7.85. The topological polar surface area (TPSA) is 54.3 Å². The second-order valence-corrected chi connectivity index (χ2v) is 7.85. The molecule has 0 bridgehead atoms. The lowest BCUT2D eigenvalue weighted by molar-refractivity contribution is -0.917. The van der Waals surface area contributed by atoms with E-state index in [0.717, 1.165) is 38.4 Å². The Kier molecular flexibility index (Phi) is 5.81. The summed E-state index contributed by atoms with van der Waals surface area (Å²) >= 11 is 0. The van der Waals surface area contributed by atoms with Crippen molar-refractivity contribution in [2.24, 2.45) is 0 Å². The van der Waals surface area contributed by atoms with Crippen molar-refractivity contribution in [1.82, 2.24) is 4.90 Å². The van der Waals surface area contributed by atoms with Gasteiger partial charge in [0, 0.05) is 18.5 Å². The third-order valence-electron chi connectivity index (χ3n) is 5.72. The van der Waals surface area contributed by atoms with Gasteiger partial charge in [-0.25, -0.2) is 0 Å². The lowest BCUT2D eigenvalue weighted by Crippen LogP contribution is -3.13. The first-order chi connectivity index (χ1) is 14.1. The highest BCUT2D eigenvalue weighted by molar-refractivity contribution is 5.98. The van der Waals surface area contributed by atoms with Crippen LogP contribution in [0.15, 0.2) is 48.5 Å². The van der Waals surface area contributed by atoms with Gasteiger partial charge in [-0.15, -0.1) is 0 Å². The average Bonchev–Trinajstić information content (AvgIpc) is 2.73. The van der Waals surface area contributed by atoms with Crippen molar-refractivity contribution in [1.29, 1.82) is 0 Å². The molecule has 2 aliphatic rings. The number of quaternary nitrogens is 1. The average molecular weight is 394 g/mol. The van der Waals surface area contributed by atoms with Crippen LogP contribution in [0.1, 0.15) is 17.5 Å². The van der Waals surface area contributed by atoms with Gasteiger partial charge >= 0.3 is 0 Å². The first kappa shape index (κ1) is 19.5.